The lowest BCUT2D eigenvalue weighted by molar-refractivity contribution is 0.0897. The van der Waals surface area contributed by atoms with E-state index in [4.69, 9.17) is 5.73 Å². The summed E-state index contributed by atoms with van der Waals surface area (Å²) in [6.45, 7) is 0. The molecule has 0 radical (unpaired) electrons. The molecule has 106 valence electrons. The van der Waals surface area contributed by atoms with Gasteiger partial charge in [0.25, 0.3) is 5.91 Å². The number of carbonyl (C=O) groups is 1. The summed E-state index contributed by atoms with van der Waals surface area (Å²) in [5, 5.41) is 3.20. The molecule has 1 heterocycles. The standard InChI is InChI=1S/C16H21N3O/c17-13-5-2-6-18-15(13)16(20)19-14-8-9-7-12(14)11-4-1-3-10(9)11/h2,5-6,9-12,14H,1,3-4,7-8,17H2,(H,19,20). The van der Waals surface area contributed by atoms with Gasteiger partial charge in [-0.25, -0.2) is 4.98 Å². The van der Waals surface area contributed by atoms with Crippen LogP contribution in [0.3, 0.4) is 0 Å². The van der Waals surface area contributed by atoms with E-state index in [-0.39, 0.29) is 5.91 Å². The van der Waals surface area contributed by atoms with Crippen molar-refractivity contribution >= 4 is 11.6 Å². The van der Waals surface area contributed by atoms with Crippen LogP contribution in [-0.4, -0.2) is 16.9 Å². The van der Waals surface area contributed by atoms with Crippen LogP contribution >= 0.6 is 0 Å². The molecule has 3 N–H and O–H groups in total. The lowest BCUT2D eigenvalue weighted by Gasteiger charge is -2.32. The highest BCUT2D eigenvalue weighted by Crippen LogP contribution is 2.58. The number of aromatic nitrogens is 1. The van der Waals surface area contributed by atoms with Gasteiger partial charge in [0.05, 0.1) is 5.69 Å². The molecule has 3 aliphatic rings. The molecule has 4 rings (SSSR count). The first kappa shape index (κ1) is 12.2. The van der Waals surface area contributed by atoms with Crippen molar-refractivity contribution in [1.82, 2.24) is 10.3 Å². The predicted octanol–water partition coefficient (Wildman–Crippen LogP) is 2.22. The molecule has 5 unspecified atom stereocenters. The number of hydrogen-bond acceptors (Lipinski definition) is 3. The summed E-state index contributed by atoms with van der Waals surface area (Å²) in [6, 6.07) is 3.83. The summed E-state index contributed by atoms with van der Waals surface area (Å²) in [6.07, 6.45) is 8.27. The molecular weight excluding hydrogens is 250 g/mol. The molecule has 0 spiro atoms. The zero-order valence-electron chi connectivity index (χ0n) is 11.6. The highest BCUT2D eigenvalue weighted by molar-refractivity contribution is 5.97. The SMILES string of the molecule is Nc1cccnc1C(=O)NC1CC2CC1C1CCCC21. The Labute approximate surface area is 119 Å². The van der Waals surface area contributed by atoms with Gasteiger partial charge in [0, 0.05) is 12.2 Å². The van der Waals surface area contributed by atoms with Crippen molar-refractivity contribution in [2.45, 2.75) is 38.1 Å². The number of amides is 1. The third-order valence-electron chi connectivity index (χ3n) is 5.80. The predicted molar refractivity (Wildman–Crippen MR) is 76.9 cm³/mol. The van der Waals surface area contributed by atoms with Gasteiger partial charge in [0.2, 0.25) is 0 Å². The zero-order chi connectivity index (χ0) is 13.7. The number of nitrogens with one attached hydrogen (secondary N) is 1. The van der Waals surface area contributed by atoms with Crippen LogP contribution < -0.4 is 11.1 Å². The number of anilines is 1. The first-order chi connectivity index (χ1) is 9.74. The highest BCUT2D eigenvalue weighted by Gasteiger charge is 2.54. The van der Waals surface area contributed by atoms with Crippen molar-refractivity contribution < 1.29 is 4.79 Å². The summed E-state index contributed by atoms with van der Waals surface area (Å²) in [5.41, 5.74) is 6.67. The van der Waals surface area contributed by atoms with Crippen molar-refractivity contribution in [1.29, 1.82) is 0 Å². The molecule has 4 heteroatoms. The molecular formula is C16H21N3O. The zero-order valence-corrected chi connectivity index (χ0v) is 11.6. The van der Waals surface area contributed by atoms with Gasteiger partial charge in [-0.2, -0.15) is 0 Å². The maximum absolute atomic E-state index is 12.3. The van der Waals surface area contributed by atoms with Crippen LogP contribution in [0.25, 0.3) is 0 Å². The fourth-order valence-electron chi connectivity index (χ4n) is 5.08. The number of fused-ring (bicyclic) bond motifs is 5. The summed E-state index contributed by atoms with van der Waals surface area (Å²) in [4.78, 5) is 16.4. The maximum atomic E-state index is 12.3. The van der Waals surface area contributed by atoms with Gasteiger partial charge in [-0.15, -0.1) is 0 Å². The Morgan fingerprint density at radius 3 is 2.95 bits per heavy atom. The van der Waals surface area contributed by atoms with E-state index in [1.165, 1.54) is 25.7 Å². The van der Waals surface area contributed by atoms with Crippen molar-refractivity contribution in [3.63, 3.8) is 0 Å². The third kappa shape index (κ3) is 1.74. The Morgan fingerprint density at radius 1 is 1.25 bits per heavy atom. The second-order valence-electron chi connectivity index (χ2n) is 6.68. The number of hydrogen-bond donors (Lipinski definition) is 2. The average molecular weight is 271 g/mol. The van der Waals surface area contributed by atoms with Gasteiger partial charge >= 0.3 is 0 Å². The number of nitrogens with zero attached hydrogens (tertiary/aromatic N) is 1. The van der Waals surface area contributed by atoms with E-state index in [1.807, 2.05) is 0 Å². The summed E-state index contributed by atoms with van der Waals surface area (Å²) >= 11 is 0. The van der Waals surface area contributed by atoms with E-state index in [9.17, 15) is 4.79 Å². The second kappa shape index (κ2) is 4.47. The summed E-state index contributed by atoms with van der Waals surface area (Å²) < 4.78 is 0. The van der Waals surface area contributed by atoms with Gasteiger partial charge < -0.3 is 11.1 Å². The summed E-state index contributed by atoms with van der Waals surface area (Å²) in [5.74, 6) is 3.25. The molecule has 0 saturated heterocycles. The van der Waals surface area contributed by atoms with Crippen LogP contribution in [0.5, 0.6) is 0 Å². The molecule has 1 aromatic rings. The largest absolute Gasteiger partial charge is 0.397 e. The topological polar surface area (TPSA) is 68.0 Å². The van der Waals surface area contributed by atoms with Crippen LogP contribution in [0.15, 0.2) is 18.3 Å². The fraction of sp³-hybridized carbons (Fsp3) is 0.625. The number of nitrogen functional groups attached to an aromatic ring is 1. The van der Waals surface area contributed by atoms with Crippen molar-refractivity contribution in [3.8, 4) is 0 Å². The van der Waals surface area contributed by atoms with Gasteiger partial charge in [-0.05, 0) is 61.5 Å². The monoisotopic (exact) mass is 271 g/mol. The lowest BCUT2D eigenvalue weighted by Crippen LogP contribution is -2.42. The van der Waals surface area contributed by atoms with E-state index in [2.05, 4.69) is 10.3 Å². The normalized spacial score (nSPS) is 37.9. The highest BCUT2D eigenvalue weighted by atomic mass is 16.2. The molecule has 20 heavy (non-hydrogen) atoms. The van der Waals surface area contributed by atoms with Gasteiger partial charge in [0.15, 0.2) is 5.69 Å². The van der Waals surface area contributed by atoms with Gasteiger partial charge in [-0.1, -0.05) is 6.42 Å². The Balaban J connectivity index is 1.48. The Hall–Kier alpha value is -1.58. The van der Waals surface area contributed by atoms with E-state index < -0.39 is 0 Å². The molecule has 1 aromatic heterocycles. The van der Waals surface area contributed by atoms with Crippen LogP contribution in [0.2, 0.25) is 0 Å². The molecule has 0 aromatic carbocycles. The number of pyridine rings is 1. The Bertz CT molecular complexity index is 544. The molecule has 5 atom stereocenters. The molecule has 1 amide bonds. The minimum Gasteiger partial charge on any atom is -0.397 e. The van der Waals surface area contributed by atoms with Crippen LogP contribution in [0, 0.1) is 23.7 Å². The number of rotatable bonds is 2. The minimum atomic E-state index is -0.102. The van der Waals surface area contributed by atoms with Crippen LogP contribution in [0.4, 0.5) is 5.69 Å². The van der Waals surface area contributed by atoms with Crippen LogP contribution in [0.1, 0.15) is 42.6 Å². The lowest BCUT2D eigenvalue weighted by atomic mass is 9.79. The number of carbonyl (C=O) groups excluding carboxylic acids is 1. The molecule has 3 saturated carbocycles. The third-order valence-corrected chi connectivity index (χ3v) is 5.80. The number of nitrogens with two attached hydrogens (primary N) is 1. The smallest absolute Gasteiger partial charge is 0.272 e. The molecule has 3 fully saturated rings. The average Bonchev–Trinajstić information content (AvgIpc) is 3.10. The molecule has 4 nitrogen and oxygen atoms in total. The Kier molecular flexibility index (Phi) is 2.72. The van der Waals surface area contributed by atoms with E-state index in [1.54, 1.807) is 18.3 Å². The fourth-order valence-corrected chi connectivity index (χ4v) is 5.08. The molecule has 2 bridgehead atoms. The van der Waals surface area contributed by atoms with Gasteiger partial charge in [0.1, 0.15) is 0 Å². The van der Waals surface area contributed by atoms with Gasteiger partial charge in [-0.3, -0.25) is 4.79 Å². The van der Waals surface area contributed by atoms with E-state index in [0.717, 1.165) is 24.2 Å². The molecule has 0 aliphatic heterocycles. The van der Waals surface area contributed by atoms with Crippen molar-refractivity contribution in [2.24, 2.45) is 23.7 Å². The van der Waals surface area contributed by atoms with Crippen molar-refractivity contribution in [3.05, 3.63) is 24.0 Å². The first-order valence-corrected chi connectivity index (χ1v) is 7.75. The summed E-state index contributed by atoms with van der Waals surface area (Å²) in [7, 11) is 0. The van der Waals surface area contributed by atoms with E-state index >= 15 is 0 Å². The quantitative estimate of drug-likeness (QED) is 0.866. The van der Waals surface area contributed by atoms with Crippen LogP contribution in [-0.2, 0) is 0 Å². The maximum Gasteiger partial charge on any atom is 0.272 e. The van der Waals surface area contributed by atoms with Crippen molar-refractivity contribution in [2.75, 3.05) is 5.73 Å². The Morgan fingerprint density at radius 2 is 2.10 bits per heavy atom. The minimum absolute atomic E-state index is 0.102. The molecule has 3 aliphatic carbocycles. The van der Waals surface area contributed by atoms with E-state index in [0.29, 0.717) is 23.3 Å². The first-order valence-electron chi connectivity index (χ1n) is 7.75. The second-order valence-corrected chi connectivity index (χ2v) is 6.68.